The minimum absolute atomic E-state index is 0.107. The highest BCUT2D eigenvalue weighted by molar-refractivity contribution is 7.89. The number of nitrogens with zero attached hydrogens (tertiary/aromatic N) is 1. The number of rotatable bonds is 2. The van der Waals surface area contributed by atoms with E-state index in [1.807, 2.05) is 0 Å². The van der Waals surface area contributed by atoms with E-state index in [4.69, 9.17) is 11.6 Å². The lowest BCUT2D eigenvalue weighted by Crippen LogP contribution is -2.30. The Kier molecular flexibility index (Phi) is 3.88. The summed E-state index contributed by atoms with van der Waals surface area (Å²) in [6, 6.07) is 3.05. The van der Waals surface area contributed by atoms with E-state index in [-0.39, 0.29) is 18.0 Å². The van der Waals surface area contributed by atoms with Gasteiger partial charge in [0.05, 0.1) is 4.90 Å². The van der Waals surface area contributed by atoms with Crippen molar-refractivity contribution in [3.8, 4) is 0 Å². The van der Waals surface area contributed by atoms with Gasteiger partial charge in [0.2, 0.25) is 10.0 Å². The van der Waals surface area contributed by atoms with Gasteiger partial charge < -0.3 is 5.11 Å². The smallest absolute Gasteiger partial charge is 0.243 e. The van der Waals surface area contributed by atoms with Crippen LogP contribution >= 0.6 is 11.6 Å². The van der Waals surface area contributed by atoms with Crippen LogP contribution in [0.4, 0.5) is 4.39 Å². The first-order valence-corrected chi connectivity index (χ1v) is 7.64. The van der Waals surface area contributed by atoms with E-state index in [1.54, 1.807) is 19.9 Å². The molecule has 1 aliphatic heterocycles. The van der Waals surface area contributed by atoms with Gasteiger partial charge in [-0.05, 0) is 37.1 Å². The van der Waals surface area contributed by atoms with Gasteiger partial charge in [-0.25, -0.2) is 12.8 Å². The molecule has 1 aromatic rings. The maximum absolute atomic E-state index is 13.3. The first-order chi connectivity index (χ1) is 8.73. The summed E-state index contributed by atoms with van der Waals surface area (Å²) >= 11 is 5.93. The van der Waals surface area contributed by atoms with E-state index in [0.717, 1.165) is 4.31 Å². The molecule has 0 aromatic heterocycles. The molecule has 0 unspecified atom stereocenters. The Hall–Kier alpha value is -0.690. The fourth-order valence-electron chi connectivity index (χ4n) is 2.08. The summed E-state index contributed by atoms with van der Waals surface area (Å²) in [4.78, 5) is 0.107. The molecule has 0 spiro atoms. The number of aliphatic hydroxyl groups is 1. The molecule has 1 saturated heterocycles. The largest absolute Gasteiger partial charge is 0.389 e. The molecule has 7 heteroatoms. The highest BCUT2D eigenvalue weighted by Gasteiger charge is 2.39. The van der Waals surface area contributed by atoms with E-state index in [1.165, 1.54) is 6.07 Å². The highest BCUT2D eigenvalue weighted by Crippen LogP contribution is 2.28. The normalized spacial score (nSPS) is 24.9. The van der Waals surface area contributed by atoms with Gasteiger partial charge in [-0.1, -0.05) is 11.6 Å². The van der Waals surface area contributed by atoms with Gasteiger partial charge in [0.25, 0.3) is 0 Å². The van der Waals surface area contributed by atoms with Crippen LogP contribution in [-0.2, 0) is 10.0 Å². The SMILES string of the molecule is Cc1cc(S(=O)(=O)N2C[C@@H](O)[C@H](F)C2)c(C)cc1Cl. The standard InChI is InChI=1S/C12H15ClFNO3S/c1-7-4-12(8(2)3-9(7)13)19(17,18)15-5-10(14)11(16)6-15/h3-4,10-11,16H,5-6H2,1-2H3/t10-,11-/m1/s1. The molecule has 0 saturated carbocycles. The predicted octanol–water partition coefficient (Wildman–Crippen LogP) is 1.66. The van der Waals surface area contributed by atoms with Crippen molar-refractivity contribution in [3.63, 3.8) is 0 Å². The Labute approximate surface area is 116 Å². The second-order valence-corrected chi connectivity index (χ2v) is 7.09. The van der Waals surface area contributed by atoms with E-state index < -0.39 is 22.3 Å². The van der Waals surface area contributed by atoms with Gasteiger partial charge in [-0.15, -0.1) is 0 Å². The highest BCUT2D eigenvalue weighted by atomic mass is 35.5. The molecule has 0 bridgehead atoms. The molecule has 19 heavy (non-hydrogen) atoms. The lowest BCUT2D eigenvalue weighted by molar-refractivity contribution is 0.117. The van der Waals surface area contributed by atoms with Gasteiger partial charge in [0.1, 0.15) is 12.3 Å². The van der Waals surface area contributed by atoms with Crippen LogP contribution in [0.1, 0.15) is 11.1 Å². The zero-order valence-electron chi connectivity index (χ0n) is 10.6. The number of alkyl halides is 1. The molecule has 2 atom stereocenters. The minimum Gasteiger partial charge on any atom is -0.389 e. The summed E-state index contributed by atoms with van der Waals surface area (Å²) in [5, 5.41) is 9.83. The molecule has 1 fully saturated rings. The molecular weight excluding hydrogens is 293 g/mol. The summed E-state index contributed by atoms with van der Waals surface area (Å²) in [5.41, 5.74) is 1.15. The van der Waals surface area contributed by atoms with Crippen molar-refractivity contribution in [3.05, 3.63) is 28.3 Å². The van der Waals surface area contributed by atoms with Crippen LogP contribution in [0.2, 0.25) is 5.02 Å². The number of β-amino-alcohol motifs (C(OH)–C–C–N with tert-alkyl or cyclic N) is 1. The molecule has 0 radical (unpaired) electrons. The lowest BCUT2D eigenvalue weighted by Gasteiger charge is -2.18. The van der Waals surface area contributed by atoms with Crippen LogP contribution in [0.25, 0.3) is 0 Å². The molecule has 1 N–H and O–H groups in total. The molecule has 1 aromatic carbocycles. The molecular formula is C12H15ClFNO3S. The molecule has 1 heterocycles. The third kappa shape index (κ3) is 2.63. The average molecular weight is 308 g/mol. The summed E-state index contributed by atoms with van der Waals surface area (Å²) in [5.74, 6) is 0. The molecule has 4 nitrogen and oxygen atoms in total. The van der Waals surface area contributed by atoms with Crippen LogP contribution in [0.3, 0.4) is 0 Å². The molecule has 106 valence electrons. The third-order valence-electron chi connectivity index (χ3n) is 3.26. The van der Waals surface area contributed by atoms with Gasteiger partial charge >= 0.3 is 0 Å². The Morgan fingerprint density at radius 1 is 1.32 bits per heavy atom. The van der Waals surface area contributed by atoms with Crippen LogP contribution in [0.15, 0.2) is 17.0 Å². The summed E-state index contributed by atoms with van der Waals surface area (Å²) in [6.07, 6.45) is -2.80. The number of hydrogen-bond donors (Lipinski definition) is 1. The predicted molar refractivity (Wildman–Crippen MR) is 70.6 cm³/mol. The van der Waals surface area contributed by atoms with Crippen molar-refractivity contribution in [1.82, 2.24) is 4.31 Å². The number of sulfonamides is 1. The zero-order valence-corrected chi connectivity index (χ0v) is 12.2. The number of aliphatic hydroxyl groups excluding tert-OH is 1. The fourth-order valence-corrected chi connectivity index (χ4v) is 4.06. The van der Waals surface area contributed by atoms with E-state index in [9.17, 15) is 17.9 Å². The van der Waals surface area contributed by atoms with Crippen molar-refractivity contribution >= 4 is 21.6 Å². The topological polar surface area (TPSA) is 57.6 Å². The van der Waals surface area contributed by atoms with Crippen LogP contribution < -0.4 is 0 Å². The second-order valence-electron chi connectivity index (χ2n) is 4.77. The monoisotopic (exact) mass is 307 g/mol. The number of aryl methyl sites for hydroxylation is 2. The molecule has 2 rings (SSSR count). The van der Waals surface area contributed by atoms with Gasteiger partial charge in [-0.2, -0.15) is 4.31 Å². The maximum atomic E-state index is 13.3. The second kappa shape index (κ2) is 5.01. The first kappa shape index (κ1) is 14.7. The van der Waals surface area contributed by atoms with E-state index in [0.29, 0.717) is 16.1 Å². The Morgan fingerprint density at radius 2 is 1.95 bits per heavy atom. The summed E-state index contributed by atoms with van der Waals surface area (Å²) in [7, 11) is -3.80. The minimum atomic E-state index is -3.80. The fraction of sp³-hybridized carbons (Fsp3) is 0.500. The van der Waals surface area contributed by atoms with Crippen molar-refractivity contribution in [1.29, 1.82) is 0 Å². The first-order valence-electron chi connectivity index (χ1n) is 5.82. The molecule has 0 aliphatic carbocycles. The number of hydrogen-bond acceptors (Lipinski definition) is 3. The van der Waals surface area contributed by atoms with Crippen LogP contribution in [-0.4, -0.2) is 43.2 Å². The zero-order chi connectivity index (χ0) is 14.4. The Bertz CT molecular complexity index is 595. The van der Waals surface area contributed by atoms with E-state index >= 15 is 0 Å². The summed E-state index contributed by atoms with van der Waals surface area (Å²) < 4.78 is 39.1. The lowest BCUT2D eigenvalue weighted by atomic mass is 10.2. The van der Waals surface area contributed by atoms with E-state index in [2.05, 4.69) is 0 Å². The van der Waals surface area contributed by atoms with Gasteiger partial charge in [0, 0.05) is 18.1 Å². The Morgan fingerprint density at radius 3 is 2.47 bits per heavy atom. The van der Waals surface area contributed by atoms with Crippen molar-refractivity contribution in [2.75, 3.05) is 13.1 Å². The van der Waals surface area contributed by atoms with Crippen molar-refractivity contribution in [2.45, 2.75) is 31.0 Å². The van der Waals surface area contributed by atoms with Gasteiger partial charge in [-0.3, -0.25) is 0 Å². The average Bonchev–Trinajstić information content (AvgIpc) is 2.65. The third-order valence-corrected chi connectivity index (χ3v) is 5.64. The number of halogens is 2. The van der Waals surface area contributed by atoms with Crippen LogP contribution in [0, 0.1) is 13.8 Å². The quantitative estimate of drug-likeness (QED) is 0.904. The maximum Gasteiger partial charge on any atom is 0.243 e. The summed E-state index contributed by atoms with van der Waals surface area (Å²) in [6.45, 7) is 2.81. The van der Waals surface area contributed by atoms with Gasteiger partial charge in [0.15, 0.2) is 0 Å². The van der Waals surface area contributed by atoms with Crippen LogP contribution in [0.5, 0.6) is 0 Å². The molecule has 0 amide bonds. The molecule has 1 aliphatic rings. The van der Waals surface area contributed by atoms with Crippen molar-refractivity contribution < 1.29 is 17.9 Å². The van der Waals surface area contributed by atoms with Crippen molar-refractivity contribution in [2.24, 2.45) is 0 Å². The Balaban J connectivity index is 2.43. The number of benzene rings is 1.